The van der Waals surface area contributed by atoms with Crippen LogP contribution in [0.15, 0.2) is 36.7 Å². The molecule has 2 heteroatoms. The van der Waals surface area contributed by atoms with Gasteiger partial charge >= 0.3 is 51.4 Å². The molecule has 0 unspecified atom stereocenters. The average Bonchev–Trinajstić information content (AvgIpc) is 1.88. The molecule has 0 atom stereocenters. The predicted octanol–water partition coefficient (Wildman–Crippen LogP) is -0.590. The fourth-order valence-electron chi connectivity index (χ4n) is 0.995. The molecule has 0 aromatic rings. The molecule has 1 heterocycles. The van der Waals surface area contributed by atoms with Crippen molar-refractivity contribution >= 4 is 0 Å². The molecule has 56 valence electrons. The van der Waals surface area contributed by atoms with E-state index in [1.165, 1.54) is 0 Å². The van der Waals surface area contributed by atoms with Gasteiger partial charge in [-0.05, 0) is 26.0 Å². The Bertz CT molecular complexity index is 197. The summed E-state index contributed by atoms with van der Waals surface area (Å²) in [6.07, 6.45) is 8.09. The Morgan fingerprint density at radius 2 is 2.09 bits per heavy atom. The summed E-state index contributed by atoms with van der Waals surface area (Å²) in [6.45, 7) is 8.20. The quantitative estimate of drug-likeness (QED) is 0.482. The van der Waals surface area contributed by atoms with Crippen LogP contribution >= 0.6 is 0 Å². The van der Waals surface area contributed by atoms with Crippen LogP contribution in [0.1, 0.15) is 15.3 Å². The van der Waals surface area contributed by atoms with Gasteiger partial charge in [0, 0.05) is 17.9 Å². The molecule has 1 aliphatic heterocycles. The van der Waals surface area contributed by atoms with E-state index in [-0.39, 0.29) is 52.8 Å². The van der Waals surface area contributed by atoms with Crippen LogP contribution < -0.4 is 51.4 Å². The largest absolute Gasteiger partial charge is 1.00 e. The third-order valence-corrected chi connectivity index (χ3v) is 1.53. The normalized spacial score (nSPS) is 15.5. The van der Waals surface area contributed by atoms with Crippen LogP contribution in [0.5, 0.6) is 0 Å². The Balaban J connectivity index is 0. The van der Waals surface area contributed by atoms with E-state index in [4.69, 9.17) is 0 Å². The van der Waals surface area contributed by atoms with Crippen LogP contribution in [-0.2, 0) is 0 Å². The molecule has 0 N–H and O–H groups in total. The third kappa shape index (κ3) is 3.26. The number of rotatable bonds is 1. The van der Waals surface area contributed by atoms with Gasteiger partial charge in [0.05, 0.1) is 0 Å². The van der Waals surface area contributed by atoms with Gasteiger partial charge in [-0.15, -0.1) is 0 Å². The van der Waals surface area contributed by atoms with Crippen LogP contribution in [0.3, 0.4) is 0 Å². The van der Waals surface area contributed by atoms with Gasteiger partial charge in [-0.25, -0.2) is 0 Å². The zero-order valence-electron chi connectivity index (χ0n) is 8.54. The Hall–Kier alpha value is 0.656. The second-order valence-electron chi connectivity index (χ2n) is 2.69. The molecule has 0 radical (unpaired) electrons. The fourth-order valence-corrected chi connectivity index (χ4v) is 0.995. The number of nitrogens with zero attached hydrogens (tertiary/aromatic N) is 1. The van der Waals surface area contributed by atoms with Crippen LogP contribution in [0.25, 0.3) is 0 Å². The van der Waals surface area contributed by atoms with Gasteiger partial charge in [0.2, 0.25) is 0 Å². The van der Waals surface area contributed by atoms with E-state index in [9.17, 15) is 0 Å². The van der Waals surface area contributed by atoms with Crippen molar-refractivity contribution in [2.75, 3.05) is 0 Å². The molecule has 1 rings (SSSR count). The Labute approximate surface area is 113 Å². The van der Waals surface area contributed by atoms with Crippen molar-refractivity contribution in [3.63, 3.8) is 0 Å². The summed E-state index contributed by atoms with van der Waals surface area (Å²) in [5.41, 5.74) is 1.07. The molecule has 0 amide bonds. The SMILES string of the molecule is C=C1C=CC=CN1C(C)C.[H-].[K+]. The first kappa shape index (κ1) is 11.7. The first-order valence-corrected chi connectivity index (χ1v) is 3.54. The average molecular weight is 175 g/mol. The van der Waals surface area contributed by atoms with Gasteiger partial charge in [-0.3, -0.25) is 0 Å². The molecule has 0 saturated heterocycles. The topological polar surface area (TPSA) is 3.24 Å². The van der Waals surface area contributed by atoms with E-state index >= 15 is 0 Å². The molecule has 11 heavy (non-hydrogen) atoms. The zero-order valence-corrected chi connectivity index (χ0v) is 10.7. The van der Waals surface area contributed by atoms with E-state index in [2.05, 4.69) is 25.3 Å². The summed E-state index contributed by atoms with van der Waals surface area (Å²) in [7, 11) is 0. The van der Waals surface area contributed by atoms with Crippen molar-refractivity contribution in [1.82, 2.24) is 4.90 Å². The fraction of sp³-hybridized carbons (Fsp3) is 0.333. The van der Waals surface area contributed by atoms with Gasteiger partial charge in [-0.1, -0.05) is 12.7 Å². The van der Waals surface area contributed by atoms with E-state index in [0.29, 0.717) is 6.04 Å². The summed E-state index contributed by atoms with van der Waals surface area (Å²) in [5, 5.41) is 0. The monoisotopic (exact) mass is 175 g/mol. The van der Waals surface area contributed by atoms with E-state index in [1.807, 2.05) is 24.4 Å². The molecule has 0 bridgehead atoms. The Morgan fingerprint density at radius 3 is 2.45 bits per heavy atom. The van der Waals surface area contributed by atoms with Gasteiger partial charge < -0.3 is 6.33 Å². The van der Waals surface area contributed by atoms with Gasteiger partial charge in [0.25, 0.3) is 0 Å². The molecular weight excluding hydrogens is 161 g/mol. The van der Waals surface area contributed by atoms with E-state index in [0.717, 1.165) is 5.70 Å². The second-order valence-corrected chi connectivity index (χ2v) is 2.69. The minimum Gasteiger partial charge on any atom is -1.00 e. The van der Waals surface area contributed by atoms with Crippen molar-refractivity contribution in [3.05, 3.63) is 36.7 Å². The summed E-state index contributed by atoms with van der Waals surface area (Å²) in [5.74, 6) is 0. The molecule has 0 fully saturated rings. The van der Waals surface area contributed by atoms with Crippen molar-refractivity contribution < 1.29 is 52.8 Å². The van der Waals surface area contributed by atoms with Crippen LogP contribution in [0.4, 0.5) is 0 Å². The van der Waals surface area contributed by atoms with Crippen molar-refractivity contribution in [1.29, 1.82) is 0 Å². The molecule has 0 aliphatic carbocycles. The summed E-state index contributed by atoms with van der Waals surface area (Å²) >= 11 is 0. The number of hydrogen-bond donors (Lipinski definition) is 0. The maximum atomic E-state index is 3.90. The Kier molecular flexibility index (Phi) is 5.65. The van der Waals surface area contributed by atoms with Crippen molar-refractivity contribution in [3.8, 4) is 0 Å². The number of allylic oxidation sites excluding steroid dienone is 3. The molecular formula is C9H14KN. The Morgan fingerprint density at radius 1 is 1.45 bits per heavy atom. The minimum atomic E-state index is 0. The third-order valence-electron chi connectivity index (χ3n) is 1.53. The molecule has 0 spiro atoms. The molecule has 0 aromatic heterocycles. The molecule has 0 saturated carbocycles. The first-order chi connectivity index (χ1) is 4.72. The first-order valence-electron chi connectivity index (χ1n) is 3.54. The summed E-state index contributed by atoms with van der Waals surface area (Å²) in [4.78, 5) is 2.14. The van der Waals surface area contributed by atoms with Crippen LogP contribution in [0, 0.1) is 0 Å². The van der Waals surface area contributed by atoms with Gasteiger partial charge in [0.15, 0.2) is 0 Å². The van der Waals surface area contributed by atoms with E-state index in [1.54, 1.807) is 0 Å². The molecule has 1 aliphatic rings. The van der Waals surface area contributed by atoms with E-state index < -0.39 is 0 Å². The molecule has 1 nitrogen and oxygen atoms in total. The zero-order chi connectivity index (χ0) is 7.56. The standard InChI is InChI=1S/C9H13N.K.H/c1-8(2)10-7-5-4-6-9(10)3;;/h4-8H,3H2,1-2H3;;/q;+1;-1. The van der Waals surface area contributed by atoms with Gasteiger partial charge in [-0.2, -0.15) is 0 Å². The maximum Gasteiger partial charge on any atom is 1.00 e. The predicted molar refractivity (Wildman–Crippen MR) is 45.5 cm³/mol. The minimum absolute atomic E-state index is 0. The summed E-state index contributed by atoms with van der Waals surface area (Å²) in [6, 6.07) is 0.508. The van der Waals surface area contributed by atoms with Crippen LogP contribution in [-0.4, -0.2) is 10.9 Å². The molecule has 0 aromatic carbocycles. The van der Waals surface area contributed by atoms with Crippen molar-refractivity contribution in [2.45, 2.75) is 19.9 Å². The van der Waals surface area contributed by atoms with Gasteiger partial charge in [0.1, 0.15) is 0 Å². The maximum absolute atomic E-state index is 3.90. The smallest absolute Gasteiger partial charge is 1.00 e. The second kappa shape index (κ2) is 5.33. The number of hydrogen-bond acceptors (Lipinski definition) is 1. The van der Waals surface area contributed by atoms with Crippen molar-refractivity contribution in [2.24, 2.45) is 0 Å². The van der Waals surface area contributed by atoms with Crippen LogP contribution in [0.2, 0.25) is 0 Å². The summed E-state index contributed by atoms with van der Waals surface area (Å²) < 4.78 is 0.